The number of carbonyl (C=O) groups is 1. The van der Waals surface area contributed by atoms with Gasteiger partial charge in [-0.2, -0.15) is 0 Å². The summed E-state index contributed by atoms with van der Waals surface area (Å²) in [6.45, 7) is 2.54. The first-order chi connectivity index (χ1) is 15.0. The molecular formula is C22H25ClN4O3S. The fourth-order valence-corrected chi connectivity index (χ4v) is 3.90. The lowest BCUT2D eigenvalue weighted by Gasteiger charge is -2.10. The highest BCUT2D eigenvalue weighted by molar-refractivity contribution is 7.99. The molecule has 164 valence electrons. The first-order valence-corrected chi connectivity index (χ1v) is 11.2. The van der Waals surface area contributed by atoms with Crippen LogP contribution in [0.15, 0.2) is 47.6 Å². The number of hydrogen-bond acceptors (Lipinski definition) is 6. The Hall–Kier alpha value is -2.71. The fourth-order valence-electron chi connectivity index (χ4n) is 2.94. The van der Waals surface area contributed by atoms with E-state index in [0.29, 0.717) is 28.2 Å². The van der Waals surface area contributed by atoms with Gasteiger partial charge in [0.1, 0.15) is 17.3 Å². The van der Waals surface area contributed by atoms with E-state index in [-0.39, 0.29) is 11.7 Å². The minimum Gasteiger partial charge on any atom is -0.495 e. The number of anilines is 1. The first-order valence-electron chi connectivity index (χ1n) is 9.81. The molecule has 7 nitrogen and oxygen atoms in total. The van der Waals surface area contributed by atoms with Crippen molar-refractivity contribution in [2.45, 2.75) is 24.9 Å². The van der Waals surface area contributed by atoms with Gasteiger partial charge in [-0.25, -0.2) is 0 Å². The smallest absolute Gasteiger partial charge is 0.234 e. The number of aryl methyl sites for hydroxylation is 2. The van der Waals surface area contributed by atoms with Gasteiger partial charge in [0.15, 0.2) is 5.16 Å². The zero-order valence-corrected chi connectivity index (χ0v) is 19.3. The van der Waals surface area contributed by atoms with Crippen molar-refractivity contribution in [1.29, 1.82) is 0 Å². The van der Waals surface area contributed by atoms with E-state index in [4.69, 9.17) is 21.1 Å². The highest BCUT2D eigenvalue weighted by atomic mass is 35.5. The van der Waals surface area contributed by atoms with Gasteiger partial charge in [-0.05, 0) is 49.2 Å². The quantitative estimate of drug-likeness (QED) is 0.354. The molecule has 31 heavy (non-hydrogen) atoms. The van der Waals surface area contributed by atoms with Crippen LogP contribution in [0.5, 0.6) is 11.5 Å². The fraction of sp³-hybridized carbons (Fsp3) is 0.318. The van der Waals surface area contributed by atoms with Crippen molar-refractivity contribution in [2.75, 3.05) is 24.8 Å². The lowest BCUT2D eigenvalue weighted by Crippen LogP contribution is -2.15. The number of para-hydroxylation sites is 2. The van der Waals surface area contributed by atoms with Gasteiger partial charge < -0.3 is 19.4 Å². The molecule has 0 saturated heterocycles. The Kier molecular flexibility index (Phi) is 8.20. The van der Waals surface area contributed by atoms with Crippen LogP contribution in [0.25, 0.3) is 0 Å². The number of benzene rings is 2. The maximum Gasteiger partial charge on any atom is 0.234 e. The van der Waals surface area contributed by atoms with E-state index >= 15 is 0 Å². The summed E-state index contributed by atoms with van der Waals surface area (Å²) in [5.74, 6) is 2.40. The van der Waals surface area contributed by atoms with Crippen molar-refractivity contribution in [3.63, 3.8) is 0 Å². The van der Waals surface area contributed by atoms with E-state index in [1.54, 1.807) is 19.2 Å². The van der Waals surface area contributed by atoms with E-state index in [1.807, 2.05) is 48.9 Å². The number of halogens is 1. The van der Waals surface area contributed by atoms with Crippen LogP contribution in [0.3, 0.4) is 0 Å². The van der Waals surface area contributed by atoms with Crippen molar-refractivity contribution in [3.05, 3.63) is 58.9 Å². The zero-order chi connectivity index (χ0) is 22.2. The molecule has 1 amide bonds. The number of rotatable bonds is 10. The predicted octanol–water partition coefficient (Wildman–Crippen LogP) is 4.53. The summed E-state index contributed by atoms with van der Waals surface area (Å²) in [6, 6.07) is 12.9. The molecular weight excluding hydrogens is 436 g/mol. The average Bonchev–Trinajstić information content (AvgIpc) is 3.11. The normalized spacial score (nSPS) is 10.7. The summed E-state index contributed by atoms with van der Waals surface area (Å²) in [5, 5.41) is 12.7. The third-order valence-corrected chi connectivity index (χ3v) is 5.83. The second-order valence-corrected chi connectivity index (χ2v) is 8.24. The number of amides is 1. The number of hydrogen-bond donors (Lipinski definition) is 1. The van der Waals surface area contributed by atoms with Crippen LogP contribution in [0.4, 0.5) is 5.69 Å². The molecule has 1 heterocycles. The Morgan fingerprint density at radius 3 is 2.77 bits per heavy atom. The average molecular weight is 461 g/mol. The van der Waals surface area contributed by atoms with Crippen molar-refractivity contribution >= 4 is 35.0 Å². The molecule has 3 aromatic rings. The standard InChI is InChI=1S/C22H25ClN4O3S/c1-15-13-16(23)10-11-18(15)30-12-6-9-20-25-26-22(27(20)2)31-14-21(28)24-17-7-4-5-8-19(17)29-3/h4-5,7-8,10-11,13H,6,9,12,14H2,1-3H3,(H,24,28). The third-order valence-electron chi connectivity index (χ3n) is 4.58. The molecule has 1 aromatic heterocycles. The van der Waals surface area contributed by atoms with Crippen LogP contribution in [0.2, 0.25) is 5.02 Å². The van der Waals surface area contributed by atoms with Crippen molar-refractivity contribution < 1.29 is 14.3 Å². The minimum atomic E-state index is -0.134. The molecule has 0 saturated carbocycles. The van der Waals surface area contributed by atoms with Gasteiger partial charge >= 0.3 is 0 Å². The van der Waals surface area contributed by atoms with E-state index in [2.05, 4.69) is 15.5 Å². The Bertz CT molecular complexity index is 1040. The van der Waals surface area contributed by atoms with Crippen LogP contribution in [0.1, 0.15) is 17.8 Å². The summed E-state index contributed by atoms with van der Waals surface area (Å²) >= 11 is 7.31. The van der Waals surface area contributed by atoms with E-state index in [0.717, 1.165) is 30.0 Å². The molecule has 9 heteroatoms. The third kappa shape index (κ3) is 6.38. The largest absolute Gasteiger partial charge is 0.495 e. The molecule has 0 spiro atoms. The van der Waals surface area contributed by atoms with Gasteiger partial charge in [-0.15, -0.1) is 10.2 Å². The lowest BCUT2D eigenvalue weighted by atomic mass is 10.2. The summed E-state index contributed by atoms with van der Waals surface area (Å²) in [4.78, 5) is 12.3. The molecule has 0 unspecified atom stereocenters. The molecule has 0 aliphatic heterocycles. The van der Waals surface area contributed by atoms with Crippen LogP contribution >= 0.6 is 23.4 Å². The van der Waals surface area contributed by atoms with E-state index < -0.39 is 0 Å². The van der Waals surface area contributed by atoms with Crippen molar-refractivity contribution in [3.8, 4) is 11.5 Å². The van der Waals surface area contributed by atoms with Gasteiger partial charge in [0.05, 0.1) is 25.2 Å². The lowest BCUT2D eigenvalue weighted by molar-refractivity contribution is -0.113. The number of thioether (sulfide) groups is 1. The minimum absolute atomic E-state index is 0.134. The number of methoxy groups -OCH3 is 1. The molecule has 0 fully saturated rings. The summed E-state index contributed by atoms with van der Waals surface area (Å²) in [5.41, 5.74) is 1.65. The van der Waals surface area contributed by atoms with Crippen molar-refractivity contribution in [2.24, 2.45) is 7.05 Å². The summed E-state index contributed by atoms with van der Waals surface area (Å²) < 4.78 is 13.0. The van der Waals surface area contributed by atoms with Crippen molar-refractivity contribution in [1.82, 2.24) is 14.8 Å². The van der Waals surface area contributed by atoms with E-state index in [1.165, 1.54) is 11.8 Å². The molecule has 0 bridgehead atoms. The molecule has 1 N–H and O–H groups in total. The molecule has 0 atom stereocenters. The molecule has 0 aliphatic rings. The Morgan fingerprint density at radius 1 is 1.19 bits per heavy atom. The van der Waals surface area contributed by atoms with Gasteiger partial charge in [-0.3, -0.25) is 4.79 Å². The summed E-state index contributed by atoms with van der Waals surface area (Å²) in [6.07, 6.45) is 1.52. The summed E-state index contributed by atoms with van der Waals surface area (Å²) in [7, 11) is 3.47. The van der Waals surface area contributed by atoms with Crippen LogP contribution < -0.4 is 14.8 Å². The first kappa shape index (κ1) is 23.0. The Morgan fingerprint density at radius 2 is 2.00 bits per heavy atom. The van der Waals surface area contributed by atoms with Gasteiger partial charge in [0.25, 0.3) is 0 Å². The number of nitrogens with one attached hydrogen (secondary N) is 1. The second-order valence-electron chi connectivity index (χ2n) is 6.86. The number of nitrogens with zero attached hydrogens (tertiary/aromatic N) is 3. The van der Waals surface area contributed by atoms with Crippen LogP contribution in [-0.2, 0) is 18.3 Å². The number of carbonyl (C=O) groups excluding carboxylic acids is 1. The molecule has 0 radical (unpaired) electrons. The van der Waals surface area contributed by atoms with E-state index in [9.17, 15) is 4.79 Å². The zero-order valence-electron chi connectivity index (χ0n) is 17.7. The second kappa shape index (κ2) is 11.1. The van der Waals surface area contributed by atoms with Gasteiger partial charge in [-0.1, -0.05) is 35.5 Å². The van der Waals surface area contributed by atoms with Crippen LogP contribution in [-0.4, -0.2) is 40.1 Å². The van der Waals surface area contributed by atoms with Gasteiger partial charge in [0, 0.05) is 18.5 Å². The Balaban J connectivity index is 1.45. The topological polar surface area (TPSA) is 78.3 Å². The Labute approximate surface area is 191 Å². The highest BCUT2D eigenvalue weighted by Gasteiger charge is 2.13. The molecule has 2 aromatic carbocycles. The number of ether oxygens (including phenoxy) is 2. The molecule has 3 rings (SSSR count). The van der Waals surface area contributed by atoms with Crippen LogP contribution in [0, 0.1) is 6.92 Å². The molecule has 0 aliphatic carbocycles. The maximum absolute atomic E-state index is 12.3. The number of aromatic nitrogens is 3. The SMILES string of the molecule is COc1ccccc1NC(=O)CSc1nnc(CCCOc2ccc(Cl)cc2C)n1C. The maximum atomic E-state index is 12.3. The van der Waals surface area contributed by atoms with Gasteiger partial charge in [0.2, 0.25) is 5.91 Å². The predicted molar refractivity (Wildman–Crippen MR) is 123 cm³/mol. The monoisotopic (exact) mass is 460 g/mol. The highest BCUT2D eigenvalue weighted by Crippen LogP contribution is 2.24.